The number of anilines is 1. The summed E-state index contributed by atoms with van der Waals surface area (Å²) in [5.41, 5.74) is 0.800. The first-order valence-corrected chi connectivity index (χ1v) is 7.98. The molecule has 0 bridgehead atoms. The van der Waals surface area contributed by atoms with Crippen LogP contribution in [0.5, 0.6) is 11.5 Å². The van der Waals surface area contributed by atoms with Gasteiger partial charge < -0.3 is 14.8 Å². The fourth-order valence-electron chi connectivity index (χ4n) is 3.39. The highest BCUT2D eigenvalue weighted by molar-refractivity contribution is 5.94. The Morgan fingerprint density at radius 3 is 2.62 bits per heavy atom. The van der Waals surface area contributed by atoms with Crippen molar-refractivity contribution in [2.75, 3.05) is 5.32 Å². The summed E-state index contributed by atoms with van der Waals surface area (Å²) in [6.07, 6.45) is 6.45. The van der Waals surface area contributed by atoms with Crippen LogP contribution in [0.2, 0.25) is 0 Å². The molecule has 112 valence electrons. The van der Waals surface area contributed by atoms with Gasteiger partial charge in [0.2, 0.25) is 5.91 Å². The lowest BCUT2D eigenvalue weighted by molar-refractivity contribution is -0.117. The quantitative estimate of drug-likeness (QED) is 0.902. The molecule has 1 aromatic rings. The first kappa shape index (κ1) is 13.0. The molecule has 4 rings (SSSR count). The molecule has 2 saturated carbocycles. The van der Waals surface area contributed by atoms with E-state index < -0.39 is 5.79 Å². The largest absolute Gasteiger partial charge is 0.448 e. The standard InChI is InChI=1S/C17H21NO3/c1-11-9-13(11)16(19)18-12-5-6-14-15(10-12)21-17(20-14)7-3-2-4-8-17/h5-6,10-11,13H,2-4,7-9H2,1H3,(H,18,19)/t11-,13-/m0/s1. The van der Waals surface area contributed by atoms with Crippen molar-refractivity contribution >= 4 is 11.6 Å². The lowest BCUT2D eigenvalue weighted by Crippen LogP contribution is -2.40. The van der Waals surface area contributed by atoms with Gasteiger partial charge in [0.05, 0.1) is 0 Å². The number of amides is 1. The van der Waals surface area contributed by atoms with E-state index in [0.717, 1.165) is 49.3 Å². The van der Waals surface area contributed by atoms with E-state index >= 15 is 0 Å². The smallest absolute Gasteiger partial charge is 0.251 e. The minimum Gasteiger partial charge on any atom is -0.448 e. The number of nitrogens with one attached hydrogen (secondary N) is 1. The molecule has 4 heteroatoms. The topological polar surface area (TPSA) is 47.6 Å². The third-order valence-electron chi connectivity index (χ3n) is 4.86. The maximum absolute atomic E-state index is 12.0. The summed E-state index contributed by atoms with van der Waals surface area (Å²) in [5, 5.41) is 2.98. The lowest BCUT2D eigenvalue weighted by atomic mass is 9.94. The van der Waals surface area contributed by atoms with Crippen LogP contribution in [0.1, 0.15) is 45.4 Å². The molecular formula is C17H21NO3. The molecule has 1 amide bonds. The normalized spacial score (nSPS) is 28.4. The van der Waals surface area contributed by atoms with Crippen LogP contribution in [0.15, 0.2) is 18.2 Å². The highest BCUT2D eigenvalue weighted by Gasteiger charge is 2.43. The van der Waals surface area contributed by atoms with Gasteiger partial charge >= 0.3 is 0 Å². The molecule has 21 heavy (non-hydrogen) atoms. The van der Waals surface area contributed by atoms with Crippen LogP contribution in [0.25, 0.3) is 0 Å². The Labute approximate surface area is 124 Å². The molecule has 0 unspecified atom stereocenters. The van der Waals surface area contributed by atoms with E-state index in [1.165, 1.54) is 6.42 Å². The molecule has 1 N–H and O–H groups in total. The first-order chi connectivity index (χ1) is 10.2. The summed E-state index contributed by atoms with van der Waals surface area (Å²) in [6, 6.07) is 5.70. The summed E-state index contributed by atoms with van der Waals surface area (Å²) in [5.74, 6) is 1.93. The van der Waals surface area contributed by atoms with E-state index in [1.807, 2.05) is 18.2 Å². The highest BCUT2D eigenvalue weighted by Crippen LogP contribution is 2.46. The zero-order chi connectivity index (χ0) is 14.4. The van der Waals surface area contributed by atoms with Crippen LogP contribution in [-0.2, 0) is 4.79 Å². The second-order valence-electron chi connectivity index (χ2n) is 6.65. The van der Waals surface area contributed by atoms with Gasteiger partial charge in [-0.05, 0) is 37.3 Å². The molecule has 0 radical (unpaired) electrons. The van der Waals surface area contributed by atoms with Gasteiger partial charge in [0, 0.05) is 30.5 Å². The van der Waals surface area contributed by atoms with Crippen LogP contribution in [0.3, 0.4) is 0 Å². The maximum atomic E-state index is 12.0. The third kappa shape index (κ3) is 2.37. The molecule has 2 atom stereocenters. The van der Waals surface area contributed by atoms with Gasteiger partial charge in [-0.25, -0.2) is 0 Å². The van der Waals surface area contributed by atoms with Crippen molar-refractivity contribution in [1.29, 1.82) is 0 Å². The fourth-order valence-corrected chi connectivity index (χ4v) is 3.39. The Kier molecular flexibility index (Phi) is 2.88. The Hall–Kier alpha value is -1.71. The van der Waals surface area contributed by atoms with E-state index in [9.17, 15) is 4.79 Å². The Morgan fingerprint density at radius 2 is 1.90 bits per heavy atom. The molecule has 1 aromatic carbocycles. The second kappa shape index (κ2) is 4.65. The molecule has 2 aliphatic carbocycles. The number of carbonyl (C=O) groups excluding carboxylic acids is 1. The monoisotopic (exact) mass is 287 g/mol. The number of benzene rings is 1. The van der Waals surface area contributed by atoms with Gasteiger partial charge in [-0.3, -0.25) is 4.79 Å². The molecular weight excluding hydrogens is 266 g/mol. The number of carbonyl (C=O) groups is 1. The summed E-state index contributed by atoms with van der Waals surface area (Å²) < 4.78 is 12.1. The van der Waals surface area contributed by atoms with Gasteiger partial charge in [-0.15, -0.1) is 0 Å². The Balaban J connectivity index is 1.49. The Morgan fingerprint density at radius 1 is 1.19 bits per heavy atom. The van der Waals surface area contributed by atoms with E-state index in [0.29, 0.717) is 5.92 Å². The summed E-state index contributed by atoms with van der Waals surface area (Å²) in [7, 11) is 0. The van der Waals surface area contributed by atoms with Gasteiger partial charge in [-0.1, -0.05) is 13.3 Å². The summed E-state index contributed by atoms with van der Waals surface area (Å²) >= 11 is 0. The number of ether oxygens (including phenoxy) is 2. The molecule has 1 heterocycles. The van der Waals surface area contributed by atoms with Crippen LogP contribution in [0.4, 0.5) is 5.69 Å². The molecule has 1 aliphatic heterocycles. The van der Waals surface area contributed by atoms with Gasteiger partial charge in [0.15, 0.2) is 11.5 Å². The molecule has 0 aromatic heterocycles. The highest BCUT2D eigenvalue weighted by atomic mass is 16.7. The molecule has 4 nitrogen and oxygen atoms in total. The lowest BCUT2D eigenvalue weighted by Gasteiger charge is -2.31. The van der Waals surface area contributed by atoms with Gasteiger partial charge in [-0.2, -0.15) is 0 Å². The van der Waals surface area contributed by atoms with E-state index in [4.69, 9.17) is 9.47 Å². The number of rotatable bonds is 2. The van der Waals surface area contributed by atoms with E-state index in [2.05, 4.69) is 12.2 Å². The van der Waals surface area contributed by atoms with Crippen molar-refractivity contribution in [2.45, 2.75) is 51.2 Å². The van der Waals surface area contributed by atoms with Gasteiger partial charge in [0.1, 0.15) is 0 Å². The predicted molar refractivity (Wildman–Crippen MR) is 79.4 cm³/mol. The zero-order valence-electron chi connectivity index (χ0n) is 12.4. The maximum Gasteiger partial charge on any atom is 0.251 e. The Bertz CT molecular complexity index is 577. The van der Waals surface area contributed by atoms with E-state index in [1.54, 1.807) is 0 Å². The van der Waals surface area contributed by atoms with Crippen molar-refractivity contribution in [3.63, 3.8) is 0 Å². The molecule has 3 aliphatic rings. The number of fused-ring (bicyclic) bond motifs is 1. The number of hydrogen-bond acceptors (Lipinski definition) is 3. The van der Waals surface area contributed by atoms with Crippen molar-refractivity contribution < 1.29 is 14.3 Å². The van der Waals surface area contributed by atoms with Crippen molar-refractivity contribution in [1.82, 2.24) is 0 Å². The van der Waals surface area contributed by atoms with Crippen molar-refractivity contribution in [2.24, 2.45) is 11.8 Å². The predicted octanol–water partition coefficient (Wildman–Crippen LogP) is 3.71. The average molecular weight is 287 g/mol. The molecule has 1 spiro atoms. The fraction of sp³-hybridized carbons (Fsp3) is 0.588. The molecule has 0 saturated heterocycles. The minimum absolute atomic E-state index is 0.119. The van der Waals surface area contributed by atoms with Crippen LogP contribution < -0.4 is 14.8 Å². The average Bonchev–Trinajstić information content (AvgIpc) is 3.10. The van der Waals surface area contributed by atoms with Crippen molar-refractivity contribution in [3.05, 3.63) is 18.2 Å². The minimum atomic E-state index is -0.450. The number of hydrogen-bond donors (Lipinski definition) is 1. The third-order valence-corrected chi connectivity index (χ3v) is 4.86. The summed E-state index contributed by atoms with van der Waals surface area (Å²) in [6.45, 7) is 2.11. The van der Waals surface area contributed by atoms with Crippen LogP contribution in [0, 0.1) is 11.8 Å². The first-order valence-electron chi connectivity index (χ1n) is 7.98. The zero-order valence-corrected chi connectivity index (χ0v) is 12.4. The van der Waals surface area contributed by atoms with Crippen molar-refractivity contribution in [3.8, 4) is 11.5 Å². The van der Waals surface area contributed by atoms with Crippen LogP contribution >= 0.6 is 0 Å². The van der Waals surface area contributed by atoms with E-state index in [-0.39, 0.29) is 11.8 Å². The van der Waals surface area contributed by atoms with Crippen LogP contribution in [-0.4, -0.2) is 11.7 Å². The second-order valence-corrected chi connectivity index (χ2v) is 6.65. The van der Waals surface area contributed by atoms with Gasteiger partial charge in [0.25, 0.3) is 5.79 Å². The summed E-state index contributed by atoms with van der Waals surface area (Å²) in [4.78, 5) is 12.0. The molecule has 2 fully saturated rings. The SMILES string of the molecule is C[C@H]1C[C@@H]1C(=O)Nc1ccc2c(c1)OC1(CCCCC1)O2.